The van der Waals surface area contributed by atoms with Crippen molar-refractivity contribution in [2.45, 2.75) is 38.5 Å². The van der Waals surface area contributed by atoms with Gasteiger partial charge in [-0.05, 0) is 115 Å². The van der Waals surface area contributed by atoms with Crippen LogP contribution in [-0.4, -0.2) is 0 Å². The average Bonchev–Trinajstić information content (AvgIpc) is 3.81. The first-order chi connectivity index (χ1) is 27.3. The van der Waals surface area contributed by atoms with Crippen LogP contribution in [0.1, 0.15) is 49.9 Å². The summed E-state index contributed by atoms with van der Waals surface area (Å²) in [6, 6.07) is 65.7. The molecule has 11 rings (SSSR count). The first kappa shape index (κ1) is 33.1. The van der Waals surface area contributed by atoms with Crippen molar-refractivity contribution in [1.82, 2.24) is 0 Å². The van der Waals surface area contributed by atoms with E-state index in [0.717, 1.165) is 17.1 Å². The zero-order valence-electron chi connectivity index (χ0n) is 32.1. The first-order valence-corrected chi connectivity index (χ1v) is 20.5. The predicted octanol–water partition coefficient (Wildman–Crippen LogP) is 15.5. The van der Waals surface area contributed by atoms with Crippen LogP contribution in [-0.2, 0) is 10.8 Å². The molecule has 0 amide bonds. The maximum Gasteiger partial charge on any atom is 0.0468 e. The summed E-state index contributed by atoms with van der Waals surface area (Å²) in [6.45, 7) is 9.51. The highest BCUT2D eigenvalue weighted by Crippen LogP contribution is 2.54. The van der Waals surface area contributed by atoms with Crippen LogP contribution in [0, 0.1) is 0 Å². The molecule has 9 aromatic rings. The Labute approximate surface area is 333 Å². The smallest absolute Gasteiger partial charge is 0.0468 e. The van der Waals surface area contributed by atoms with Crippen LogP contribution in [0.3, 0.4) is 0 Å². The molecule has 0 N–H and O–H groups in total. The van der Waals surface area contributed by atoms with Crippen molar-refractivity contribution in [2.75, 3.05) is 4.90 Å². The molecule has 2 aliphatic rings. The molecule has 1 heterocycles. The third kappa shape index (κ3) is 4.85. The number of fused-ring (bicyclic) bond motifs is 9. The Morgan fingerprint density at radius 3 is 1.75 bits per heavy atom. The van der Waals surface area contributed by atoms with Crippen LogP contribution in [0.4, 0.5) is 17.1 Å². The standard InChI is InChI=1S/C54H41NS/c1-53(2)47-19-10-8-15-41(47)46-32-38(27-30-48(46)53)55(37-24-21-35(22-25-37)34-13-6-5-7-14-34)39-26-29-43-42-28-23-36(31-49(42)54(3,4)50(43)33-39)40-17-12-18-45-44-16-9-11-20-51(44)56-52(40)45/h5-33H,1-4H3. The molecule has 0 unspecified atom stereocenters. The van der Waals surface area contributed by atoms with Gasteiger partial charge in [-0.25, -0.2) is 0 Å². The number of nitrogens with zero attached hydrogens (tertiary/aromatic N) is 1. The van der Waals surface area contributed by atoms with E-state index < -0.39 is 0 Å². The van der Waals surface area contributed by atoms with Gasteiger partial charge in [-0.1, -0.05) is 155 Å². The van der Waals surface area contributed by atoms with E-state index in [2.05, 4.69) is 209 Å². The summed E-state index contributed by atoms with van der Waals surface area (Å²) in [6.07, 6.45) is 0. The lowest BCUT2D eigenvalue weighted by molar-refractivity contribution is 0.660. The predicted molar refractivity (Wildman–Crippen MR) is 240 cm³/mol. The highest BCUT2D eigenvalue weighted by Gasteiger charge is 2.38. The molecule has 0 spiro atoms. The van der Waals surface area contributed by atoms with Crippen LogP contribution >= 0.6 is 11.3 Å². The van der Waals surface area contributed by atoms with E-state index in [1.807, 2.05) is 11.3 Å². The van der Waals surface area contributed by atoms with Crippen LogP contribution in [0.25, 0.3) is 64.7 Å². The molecule has 0 aliphatic heterocycles. The summed E-state index contributed by atoms with van der Waals surface area (Å²) in [5, 5.41) is 2.68. The van der Waals surface area contributed by atoms with Gasteiger partial charge in [-0.3, -0.25) is 0 Å². The van der Waals surface area contributed by atoms with Gasteiger partial charge in [-0.2, -0.15) is 0 Å². The minimum atomic E-state index is -0.186. The van der Waals surface area contributed by atoms with Crippen molar-refractivity contribution in [3.8, 4) is 44.5 Å². The molecule has 0 saturated carbocycles. The minimum Gasteiger partial charge on any atom is -0.310 e. The van der Waals surface area contributed by atoms with Gasteiger partial charge in [0.1, 0.15) is 0 Å². The maximum absolute atomic E-state index is 2.47. The topological polar surface area (TPSA) is 3.24 Å². The fourth-order valence-electron chi connectivity index (χ4n) is 9.73. The third-order valence-corrected chi connectivity index (χ3v) is 13.9. The van der Waals surface area contributed by atoms with Gasteiger partial charge in [-0.15, -0.1) is 11.3 Å². The molecule has 0 radical (unpaired) electrons. The molecule has 268 valence electrons. The van der Waals surface area contributed by atoms with Crippen molar-refractivity contribution in [3.05, 3.63) is 198 Å². The highest BCUT2D eigenvalue weighted by molar-refractivity contribution is 7.26. The lowest BCUT2D eigenvalue weighted by Crippen LogP contribution is -2.17. The summed E-state index contributed by atoms with van der Waals surface area (Å²) in [5.74, 6) is 0. The summed E-state index contributed by atoms with van der Waals surface area (Å²) >= 11 is 1.90. The lowest BCUT2D eigenvalue weighted by atomic mass is 9.81. The summed E-state index contributed by atoms with van der Waals surface area (Å²) < 4.78 is 2.70. The molecule has 1 nitrogen and oxygen atoms in total. The molecular formula is C54H41NS. The quantitative estimate of drug-likeness (QED) is 0.170. The zero-order chi connectivity index (χ0) is 37.8. The van der Waals surface area contributed by atoms with Crippen LogP contribution in [0.5, 0.6) is 0 Å². The highest BCUT2D eigenvalue weighted by atomic mass is 32.1. The minimum absolute atomic E-state index is 0.0443. The second kappa shape index (κ2) is 12.1. The first-order valence-electron chi connectivity index (χ1n) is 19.7. The zero-order valence-corrected chi connectivity index (χ0v) is 32.9. The monoisotopic (exact) mass is 735 g/mol. The molecule has 0 atom stereocenters. The molecule has 0 saturated heterocycles. The SMILES string of the molecule is CC1(C)c2ccccc2-c2cc(N(c3ccc(-c4ccccc4)cc3)c3ccc4c(c3)C(C)(C)c3cc(-c5cccc6c5sc5ccccc56)ccc3-4)ccc21. The molecule has 0 bridgehead atoms. The Morgan fingerprint density at radius 1 is 0.357 bits per heavy atom. The lowest BCUT2D eigenvalue weighted by Gasteiger charge is -2.29. The van der Waals surface area contributed by atoms with E-state index in [-0.39, 0.29) is 10.8 Å². The van der Waals surface area contributed by atoms with Crippen molar-refractivity contribution in [3.63, 3.8) is 0 Å². The van der Waals surface area contributed by atoms with Crippen molar-refractivity contribution < 1.29 is 0 Å². The number of hydrogen-bond acceptors (Lipinski definition) is 2. The van der Waals surface area contributed by atoms with E-state index in [1.165, 1.54) is 86.9 Å². The Balaban J connectivity index is 1.04. The van der Waals surface area contributed by atoms with Gasteiger partial charge in [0, 0.05) is 48.1 Å². The number of rotatable bonds is 5. The number of benzene rings is 8. The van der Waals surface area contributed by atoms with E-state index >= 15 is 0 Å². The van der Waals surface area contributed by atoms with Gasteiger partial charge >= 0.3 is 0 Å². The molecule has 2 aliphatic carbocycles. The van der Waals surface area contributed by atoms with Crippen LogP contribution in [0.2, 0.25) is 0 Å². The molecule has 56 heavy (non-hydrogen) atoms. The largest absolute Gasteiger partial charge is 0.310 e. The number of hydrogen-bond donors (Lipinski definition) is 0. The Bertz CT molecular complexity index is 3020. The van der Waals surface area contributed by atoms with Crippen molar-refractivity contribution >= 4 is 48.6 Å². The maximum atomic E-state index is 2.47. The Hall–Kier alpha value is -6.22. The van der Waals surface area contributed by atoms with Crippen LogP contribution < -0.4 is 4.90 Å². The summed E-state index contributed by atoms with van der Waals surface area (Å²) in [7, 11) is 0. The second-order valence-electron chi connectivity index (χ2n) is 16.5. The van der Waals surface area contributed by atoms with Crippen molar-refractivity contribution in [1.29, 1.82) is 0 Å². The number of thiophene rings is 1. The van der Waals surface area contributed by atoms with Crippen LogP contribution in [0.15, 0.2) is 176 Å². The fraction of sp³-hybridized carbons (Fsp3) is 0.111. The molecule has 0 fully saturated rings. The molecule has 8 aromatic carbocycles. The Kier molecular flexibility index (Phi) is 7.18. The van der Waals surface area contributed by atoms with E-state index in [1.54, 1.807) is 0 Å². The third-order valence-electron chi connectivity index (χ3n) is 12.7. The molecule has 1 aromatic heterocycles. The fourth-order valence-corrected chi connectivity index (χ4v) is 11.0. The number of anilines is 3. The van der Waals surface area contributed by atoms with E-state index in [9.17, 15) is 0 Å². The van der Waals surface area contributed by atoms with Crippen molar-refractivity contribution in [2.24, 2.45) is 0 Å². The average molecular weight is 736 g/mol. The van der Waals surface area contributed by atoms with Gasteiger partial charge < -0.3 is 4.90 Å². The Morgan fingerprint density at radius 2 is 0.911 bits per heavy atom. The van der Waals surface area contributed by atoms with Gasteiger partial charge in [0.05, 0.1) is 0 Å². The van der Waals surface area contributed by atoms with Gasteiger partial charge in [0.2, 0.25) is 0 Å². The molecule has 2 heteroatoms. The summed E-state index contributed by atoms with van der Waals surface area (Å²) in [4.78, 5) is 2.45. The van der Waals surface area contributed by atoms with E-state index in [4.69, 9.17) is 0 Å². The van der Waals surface area contributed by atoms with Gasteiger partial charge in [0.15, 0.2) is 0 Å². The molecular weight excluding hydrogens is 695 g/mol. The normalized spacial score (nSPS) is 14.4. The van der Waals surface area contributed by atoms with E-state index in [0.29, 0.717) is 0 Å². The summed E-state index contributed by atoms with van der Waals surface area (Å²) in [5.41, 5.74) is 19.1. The second-order valence-corrected chi connectivity index (χ2v) is 17.6. The van der Waals surface area contributed by atoms with Gasteiger partial charge in [0.25, 0.3) is 0 Å².